The van der Waals surface area contributed by atoms with E-state index in [4.69, 9.17) is 14.4 Å². The van der Waals surface area contributed by atoms with Crippen molar-refractivity contribution in [2.24, 2.45) is 22.0 Å². The van der Waals surface area contributed by atoms with Gasteiger partial charge in [0.25, 0.3) is 7.59 Å². The molecule has 0 aromatic carbocycles. The Morgan fingerprint density at radius 2 is 0.900 bits per heavy atom. The molecule has 0 radical (unpaired) electrons. The van der Waals surface area contributed by atoms with Gasteiger partial charge in [-0.2, -0.15) is 0 Å². The second-order valence-corrected chi connectivity index (χ2v) is 4.06. The summed E-state index contributed by atoms with van der Waals surface area (Å²) < 4.78 is 18.7. The summed E-state index contributed by atoms with van der Waals surface area (Å²) in [4.78, 5) is 14.8. The minimum Gasteiger partial charge on any atom is -0.313 e. The van der Waals surface area contributed by atoms with Crippen LogP contribution in [0, 0.1) is 0 Å². The summed E-state index contributed by atoms with van der Waals surface area (Å²) in [6, 6.07) is 0. The molecule has 0 bridgehead atoms. The molecule has 0 amide bonds. The van der Waals surface area contributed by atoms with Gasteiger partial charge >= 0.3 is 7.75 Å². The summed E-state index contributed by atoms with van der Waals surface area (Å²) in [6.45, 7) is 0. The minimum absolute atomic E-state index is 3.14. The molecule has 0 aliphatic carbocycles. The molecule has 0 heterocycles. The lowest BCUT2D eigenvalue weighted by molar-refractivity contribution is 0.374. The van der Waals surface area contributed by atoms with Gasteiger partial charge < -0.3 is 9.79 Å². The van der Waals surface area contributed by atoms with Crippen LogP contribution in [-0.2, 0) is 9.13 Å². The van der Waals surface area contributed by atoms with Gasteiger partial charge in [0.1, 0.15) is 0 Å². The van der Waals surface area contributed by atoms with Crippen LogP contribution in [0.2, 0.25) is 0 Å². The zero-order valence-electron chi connectivity index (χ0n) is 4.91. The second-order valence-electron chi connectivity index (χ2n) is 1.35. The van der Waals surface area contributed by atoms with Gasteiger partial charge in [-0.05, 0) is 0 Å². The fourth-order valence-electron chi connectivity index (χ4n) is 0. The third-order valence-electron chi connectivity index (χ3n) is 0. The van der Waals surface area contributed by atoms with E-state index in [0.717, 1.165) is 0 Å². The van der Waals surface area contributed by atoms with Crippen molar-refractivity contribution in [1.82, 2.24) is 0 Å². The van der Waals surface area contributed by atoms with Gasteiger partial charge in [-0.3, -0.25) is 21.1 Å². The van der Waals surface area contributed by atoms with Crippen LogP contribution in [-0.4, -0.2) is 9.79 Å². The van der Waals surface area contributed by atoms with Gasteiger partial charge in [0.2, 0.25) is 0 Å². The Bertz CT molecular complexity index is 128. The monoisotopic (exact) mass is 192 g/mol. The molecule has 0 rings (SSSR count). The smallest absolute Gasteiger partial charge is 0.313 e. The molecule has 10 N–H and O–H groups in total. The first-order valence-corrected chi connectivity index (χ1v) is 5.39. The average Bonchev–Trinajstić information content (AvgIpc) is 1.12. The van der Waals surface area contributed by atoms with Crippen LogP contribution >= 0.6 is 15.3 Å². The SMILES string of the molecule is NP(=O)(O)O.NP(N)(N)=O. The Morgan fingerprint density at radius 3 is 0.900 bits per heavy atom. The van der Waals surface area contributed by atoms with Gasteiger partial charge in [0.15, 0.2) is 0 Å². The third-order valence-corrected chi connectivity index (χ3v) is 0. The van der Waals surface area contributed by atoms with Crippen molar-refractivity contribution in [2.45, 2.75) is 0 Å². The summed E-state index contributed by atoms with van der Waals surface area (Å²) >= 11 is 0. The lowest BCUT2D eigenvalue weighted by Gasteiger charge is -1.88. The molecule has 10 heavy (non-hydrogen) atoms. The first kappa shape index (κ1) is 12.9. The fourth-order valence-corrected chi connectivity index (χ4v) is 0. The largest absolute Gasteiger partial charge is 0.397 e. The summed E-state index contributed by atoms with van der Waals surface area (Å²) in [5.41, 5.74) is 17.4. The molecule has 0 fully saturated rings. The fraction of sp³-hybridized carbons (Fsp3) is 0. The van der Waals surface area contributed by atoms with Crippen molar-refractivity contribution in [3.05, 3.63) is 0 Å². The van der Waals surface area contributed by atoms with Gasteiger partial charge in [-0.25, -0.2) is 10.1 Å². The second kappa shape index (κ2) is 4.17. The summed E-state index contributed by atoms with van der Waals surface area (Å²) in [6.07, 6.45) is 0. The molecular formula is H10N4O4P2. The maximum absolute atomic E-state index is 9.55. The Balaban J connectivity index is 0. The van der Waals surface area contributed by atoms with Crippen LogP contribution < -0.4 is 22.0 Å². The molecule has 0 atom stereocenters. The molecule has 0 unspecified atom stereocenters. The van der Waals surface area contributed by atoms with E-state index in [0.29, 0.717) is 0 Å². The van der Waals surface area contributed by atoms with Crippen LogP contribution in [0.1, 0.15) is 0 Å². The van der Waals surface area contributed by atoms with Crippen LogP contribution in [0.15, 0.2) is 0 Å². The standard InChI is InChI=1S/H6N3OP.H4NO3P/c2*1-5(2,3)4/h(H6,1,2,3,4);(H4,1,2,3,4). The van der Waals surface area contributed by atoms with E-state index < -0.39 is 15.3 Å². The van der Waals surface area contributed by atoms with Crippen molar-refractivity contribution in [1.29, 1.82) is 0 Å². The zero-order chi connectivity index (χ0) is 9.00. The molecule has 0 aliphatic rings. The van der Waals surface area contributed by atoms with E-state index in [9.17, 15) is 4.57 Å². The van der Waals surface area contributed by atoms with E-state index >= 15 is 0 Å². The Hall–Kier alpha value is 0.220. The van der Waals surface area contributed by atoms with E-state index in [1.165, 1.54) is 0 Å². The quantitative estimate of drug-likeness (QED) is 0.238. The number of hydrogen-bond acceptors (Lipinski definition) is 2. The predicted molar refractivity (Wildman–Crippen MR) is 36.4 cm³/mol. The van der Waals surface area contributed by atoms with Gasteiger partial charge in [-0.1, -0.05) is 0 Å². The molecule has 10 heteroatoms. The molecular weight excluding hydrogens is 182 g/mol. The van der Waals surface area contributed by atoms with Crippen LogP contribution in [0.25, 0.3) is 0 Å². The molecule has 0 aromatic rings. The first-order chi connectivity index (χ1) is 4.00. The molecule has 0 spiro atoms. The Labute approximate surface area is 57.3 Å². The van der Waals surface area contributed by atoms with Crippen LogP contribution in [0.5, 0.6) is 0 Å². The average molecular weight is 192 g/mol. The van der Waals surface area contributed by atoms with Gasteiger partial charge in [-0.15, -0.1) is 0 Å². The highest BCUT2D eigenvalue weighted by Gasteiger charge is 1.96. The lowest BCUT2D eigenvalue weighted by Crippen LogP contribution is -2.12. The summed E-state index contributed by atoms with van der Waals surface area (Å²) in [7, 11) is -7.28. The summed E-state index contributed by atoms with van der Waals surface area (Å²) in [5, 5.41) is 0. The third kappa shape index (κ3) is 8850. The zero-order valence-corrected chi connectivity index (χ0v) is 6.70. The van der Waals surface area contributed by atoms with Crippen LogP contribution in [0.4, 0.5) is 0 Å². The highest BCUT2D eigenvalue weighted by atomic mass is 31.2. The minimum atomic E-state index is -4.14. The lowest BCUT2D eigenvalue weighted by atomic mass is 13.8. The maximum atomic E-state index is 9.55. The molecule has 0 saturated carbocycles. The van der Waals surface area contributed by atoms with Crippen molar-refractivity contribution >= 4 is 15.3 Å². The molecule has 0 aliphatic heterocycles. The Kier molecular flexibility index (Phi) is 5.36. The topological polar surface area (TPSA) is 179 Å². The number of hydrogen-bond donors (Lipinski definition) is 6. The number of nitrogens with two attached hydrogens (primary N) is 4. The highest BCUT2D eigenvalue weighted by molar-refractivity contribution is 7.56. The molecule has 8 nitrogen and oxygen atoms in total. The first-order valence-electron chi connectivity index (χ1n) is 1.80. The Morgan fingerprint density at radius 1 is 0.900 bits per heavy atom. The normalized spacial score (nSPS) is 11.8. The number of rotatable bonds is 0. The van der Waals surface area contributed by atoms with Crippen LogP contribution in [0.3, 0.4) is 0 Å². The van der Waals surface area contributed by atoms with Crippen molar-refractivity contribution in [3.63, 3.8) is 0 Å². The van der Waals surface area contributed by atoms with Gasteiger partial charge in [0, 0.05) is 0 Å². The predicted octanol–water partition coefficient (Wildman–Crippen LogP) is -1.99. The van der Waals surface area contributed by atoms with E-state index in [2.05, 4.69) is 22.0 Å². The maximum Gasteiger partial charge on any atom is 0.397 e. The molecule has 64 valence electrons. The van der Waals surface area contributed by atoms with E-state index in [-0.39, 0.29) is 0 Å². The summed E-state index contributed by atoms with van der Waals surface area (Å²) in [5.74, 6) is 0. The van der Waals surface area contributed by atoms with E-state index in [1.54, 1.807) is 0 Å². The van der Waals surface area contributed by atoms with Crippen molar-refractivity contribution in [3.8, 4) is 0 Å². The molecule has 0 saturated heterocycles. The van der Waals surface area contributed by atoms with Gasteiger partial charge in [0.05, 0.1) is 0 Å². The van der Waals surface area contributed by atoms with Crippen molar-refractivity contribution < 1.29 is 18.9 Å². The molecule has 0 aromatic heterocycles. The van der Waals surface area contributed by atoms with E-state index in [1.807, 2.05) is 0 Å². The highest BCUT2D eigenvalue weighted by Crippen LogP contribution is 2.20. The van der Waals surface area contributed by atoms with Crippen molar-refractivity contribution in [2.75, 3.05) is 0 Å².